The summed E-state index contributed by atoms with van der Waals surface area (Å²) in [6, 6.07) is 15.1. The molecule has 2 aromatic carbocycles. The van der Waals surface area contributed by atoms with Crippen LogP contribution in [-0.2, 0) is 18.0 Å². The van der Waals surface area contributed by atoms with Crippen LogP contribution in [0.3, 0.4) is 0 Å². The topological polar surface area (TPSA) is 0 Å². The summed E-state index contributed by atoms with van der Waals surface area (Å²) >= 11 is 0.701. The van der Waals surface area contributed by atoms with Crippen molar-refractivity contribution in [3.63, 3.8) is 0 Å². The Labute approximate surface area is 80.8 Å². The molecule has 0 heterocycles. The van der Waals surface area contributed by atoms with Gasteiger partial charge in [-0.2, -0.15) is 0 Å². The Bertz CT molecular complexity index is 388. The molecule has 0 aliphatic heterocycles. The standard InChI is InChI=1S/C10H7.CH3.Pd/c1-2-6-10-8-4-3-7-9(10)5-1;;/h1-7H;1H3;. The second-order valence-corrected chi connectivity index (χ2v) is 4.20. The number of hydrogen-bond acceptors (Lipinski definition) is 0. The van der Waals surface area contributed by atoms with Crippen LogP contribution in [0.25, 0.3) is 10.8 Å². The predicted octanol–water partition coefficient (Wildman–Crippen LogP) is 2.60. The molecule has 2 aromatic rings. The Hall–Kier alpha value is -0.638. The zero-order valence-corrected chi connectivity index (χ0v) is 8.41. The van der Waals surface area contributed by atoms with Crippen molar-refractivity contribution in [2.75, 3.05) is 0 Å². The first kappa shape index (κ1) is 7.98. The Kier molecular flexibility index (Phi) is 2.26. The zero-order chi connectivity index (χ0) is 8.39. The Morgan fingerprint density at radius 3 is 2.50 bits per heavy atom. The Balaban J connectivity index is 2.79. The minimum absolute atomic E-state index is 0.701. The molecule has 0 radical (unpaired) electrons. The average molecular weight is 249 g/mol. The molecule has 0 unspecified atom stereocenters. The van der Waals surface area contributed by atoms with Crippen LogP contribution in [0, 0.1) is 0 Å². The molecule has 0 bridgehead atoms. The van der Waals surface area contributed by atoms with Crippen LogP contribution in [0.2, 0.25) is 5.40 Å². The molecule has 0 spiro atoms. The fraction of sp³-hybridized carbons (Fsp3) is 0.0909. The van der Waals surface area contributed by atoms with Gasteiger partial charge in [-0.3, -0.25) is 0 Å². The van der Waals surface area contributed by atoms with Crippen LogP contribution in [-0.4, -0.2) is 0 Å². The van der Waals surface area contributed by atoms with Crippen molar-refractivity contribution in [3.05, 3.63) is 42.5 Å². The van der Waals surface area contributed by atoms with E-state index in [1.165, 1.54) is 14.8 Å². The molecule has 0 amide bonds. The second-order valence-electron chi connectivity index (χ2n) is 2.59. The summed E-state index contributed by atoms with van der Waals surface area (Å²) in [6.07, 6.45) is 0. The summed E-state index contributed by atoms with van der Waals surface area (Å²) < 4.78 is 1.49. The monoisotopic (exact) mass is 248 g/mol. The van der Waals surface area contributed by atoms with Gasteiger partial charge in [-0.15, -0.1) is 0 Å². The summed E-state index contributed by atoms with van der Waals surface area (Å²) in [5.74, 6) is 0. The second kappa shape index (κ2) is 3.39. The summed E-state index contributed by atoms with van der Waals surface area (Å²) in [4.78, 5) is 0. The zero-order valence-electron chi connectivity index (χ0n) is 6.86. The normalized spacial score (nSPS) is 10.8. The molecular weight excluding hydrogens is 239 g/mol. The first-order valence-electron chi connectivity index (χ1n) is 3.80. The number of benzene rings is 2. The fourth-order valence-corrected chi connectivity index (χ4v) is 2.49. The molecule has 12 heavy (non-hydrogen) atoms. The van der Waals surface area contributed by atoms with Gasteiger partial charge in [-0.05, 0) is 0 Å². The molecule has 1 heteroatoms. The van der Waals surface area contributed by atoms with Crippen molar-refractivity contribution in [2.45, 2.75) is 5.40 Å². The van der Waals surface area contributed by atoms with E-state index in [0.717, 1.165) is 0 Å². The van der Waals surface area contributed by atoms with Crippen molar-refractivity contribution < 1.29 is 18.0 Å². The third-order valence-electron chi connectivity index (χ3n) is 1.88. The van der Waals surface area contributed by atoms with Gasteiger partial charge >= 0.3 is 80.7 Å². The molecule has 0 saturated carbocycles. The van der Waals surface area contributed by atoms with E-state index in [1.54, 1.807) is 0 Å². The van der Waals surface area contributed by atoms with Gasteiger partial charge in [-0.25, -0.2) is 0 Å². The SMILES string of the molecule is [CH3][Pd][c]1cccc2ccccc12. The molecule has 0 N–H and O–H groups in total. The maximum absolute atomic E-state index is 2.25. The number of fused-ring (bicyclic) bond motifs is 1. The van der Waals surface area contributed by atoms with E-state index in [2.05, 4.69) is 47.9 Å². The van der Waals surface area contributed by atoms with Crippen molar-refractivity contribution >= 4 is 14.8 Å². The Morgan fingerprint density at radius 1 is 0.917 bits per heavy atom. The van der Waals surface area contributed by atoms with Gasteiger partial charge in [-0.1, -0.05) is 0 Å². The van der Waals surface area contributed by atoms with Crippen LogP contribution in [0.5, 0.6) is 0 Å². The van der Waals surface area contributed by atoms with Crippen LogP contribution in [0.1, 0.15) is 0 Å². The summed E-state index contributed by atoms with van der Waals surface area (Å²) in [5.41, 5.74) is 0. The molecule has 0 fully saturated rings. The molecule has 0 aliphatic rings. The molecular formula is C11H10Pd. The van der Waals surface area contributed by atoms with Crippen LogP contribution in [0.15, 0.2) is 42.5 Å². The summed E-state index contributed by atoms with van der Waals surface area (Å²) in [5, 5.41) is 5.02. The molecule has 0 atom stereocenters. The third kappa shape index (κ3) is 1.31. The van der Waals surface area contributed by atoms with Gasteiger partial charge in [0.15, 0.2) is 0 Å². The summed E-state index contributed by atoms with van der Waals surface area (Å²) in [6.45, 7) is 0. The average Bonchev–Trinajstić information content (AvgIpc) is 2.17. The third-order valence-corrected chi connectivity index (χ3v) is 3.40. The van der Waals surface area contributed by atoms with Crippen LogP contribution < -0.4 is 4.04 Å². The van der Waals surface area contributed by atoms with E-state index >= 15 is 0 Å². The molecule has 0 nitrogen and oxygen atoms in total. The van der Waals surface area contributed by atoms with Gasteiger partial charge in [0.05, 0.1) is 0 Å². The van der Waals surface area contributed by atoms with Crippen molar-refractivity contribution in [3.8, 4) is 0 Å². The van der Waals surface area contributed by atoms with Crippen molar-refractivity contribution in [1.29, 1.82) is 0 Å². The van der Waals surface area contributed by atoms with E-state index in [4.69, 9.17) is 0 Å². The predicted molar refractivity (Wildman–Crippen MR) is 49.4 cm³/mol. The fourth-order valence-electron chi connectivity index (χ4n) is 1.30. The van der Waals surface area contributed by atoms with E-state index < -0.39 is 0 Å². The molecule has 64 valence electrons. The molecule has 0 saturated heterocycles. The quantitative estimate of drug-likeness (QED) is 0.681. The summed E-state index contributed by atoms with van der Waals surface area (Å²) in [7, 11) is 0. The number of hydrogen-bond donors (Lipinski definition) is 0. The van der Waals surface area contributed by atoms with Gasteiger partial charge in [0, 0.05) is 0 Å². The van der Waals surface area contributed by atoms with E-state index in [0.29, 0.717) is 18.0 Å². The minimum atomic E-state index is 0.701. The molecule has 0 aromatic heterocycles. The van der Waals surface area contributed by atoms with E-state index in [1.807, 2.05) is 0 Å². The van der Waals surface area contributed by atoms with Crippen molar-refractivity contribution in [2.24, 2.45) is 0 Å². The molecule has 0 aliphatic carbocycles. The van der Waals surface area contributed by atoms with Gasteiger partial charge in [0.25, 0.3) is 0 Å². The van der Waals surface area contributed by atoms with E-state index in [9.17, 15) is 0 Å². The van der Waals surface area contributed by atoms with Gasteiger partial charge < -0.3 is 0 Å². The maximum atomic E-state index is 2.25. The van der Waals surface area contributed by atoms with Gasteiger partial charge in [0.2, 0.25) is 0 Å². The molecule has 2 rings (SSSR count). The van der Waals surface area contributed by atoms with Crippen LogP contribution >= 0.6 is 0 Å². The van der Waals surface area contributed by atoms with Crippen molar-refractivity contribution in [1.82, 2.24) is 0 Å². The number of rotatable bonds is 1. The first-order chi connectivity index (χ1) is 5.92. The van der Waals surface area contributed by atoms with E-state index in [-0.39, 0.29) is 0 Å². The Morgan fingerprint density at radius 2 is 1.67 bits per heavy atom. The van der Waals surface area contributed by atoms with Gasteiger partial charge in [0.1, 0.15) is 0 Å². The van der Waals surface area contributed by atoms with Crippen LogP contribution in [0.4, 0.5) is 0 Å². The first-order valence-corrected chi connectivity index (χ1v) is 6.13.